The van der Waals surface area contributed by atoms with Crippen LogP contribution in [0.5, 0.6) is 0 Å². The van der Waals surface area contributed by atoms with Crippen molar-refractivity contribution in [3.63, 3.8) is 0 Å². The van der Waals surface area contributed by atoms with Gasteiger partial charge in [-0.3, -0.25) is 0 Å². The van der Waals surface area contributed by atoms with Gasteiger partial charge in [0.05, 0.1) is 19.6 Å². The van der Waals surface area contributed by atoms with Crippen molar-refractivity contribution in [2.75, 3.05) is 13.2 Å². The maximum absolute atomic E-state index is 6.12. The maximum Gasteiger partial charge on any atom is 0.183 e. The second kappa shape index (κ2) is 11.5. The summed E-state index contributed by atoms with van der Waals surface area (Å²) in [7, 11) is 0. The van der Waals surface area contributed by atoms with E-state index in [1.807, 2.05) is 18.2 Å². The van der Waals surface area contributed by atoms with Crippen LogP contribution in [0.3, 0.4) is 0 Å². The minimum atomic E-state index is -0.683. The summed E-state index contributed by atoms with van der Waals surface area (Å²) in [4.78, 5) is 0. The fourth-order valence-corrected chi connectivity index (χ4v) is 3.04. The summed E-state index contributed by atoms with van der Waals surface area (Å²) in [5.74, 6) is 8.53. The van der Waals surface area contributed by atoms with Crippen LogP contribution in [0.1, 0.15) is 64.4 Å². The first kappa shape index (κ1) is 21.1. The van der Waals surface area contributed by atoms with Crippen LogP contribution in [0.15, 0.2) is 41.6 Å². The highest BCUT2D eigenvalue weighted by molar-refractivity contribution is 5.66. The Labute approximate surface area is 164 Å². The Hall–Kier alpha value is -2.22. The predicted molar refractivity (Wildman–Crippen MR) is 112 cm³/mol. The van der Waals surface area contributed by atoms with Gasteiger partial charge in [0, 0.05) is 24.8 Å². The Morgan fingerprint density at radius 3 is 2.41 bits per heavy atom. The lowest BCUT2D eigenvalue weighted by Gasteiger charge is -2.36. The maximum atomic E-state index is 6.12. The molecule has 0 bridgehead atoms. The Kier molecular flexibility index (Phi) is 8.97. The summed E-state index contributed by atoms with van der Waals surface area (Å²) in [6.07, 6.45) is 11.2. The van der Waals surface area contributed by atoms with Crippen LogP contribution >= 0.6 is 0 Å². The van der Waals surface area contributed by atoms with Crippen molar-refractivity contribution in [3.05, 3.63) is 47.2 Å². The molecule has 1 fully saturated rings. The van der Waals surface area contributed by atoms with Crippen LogP contribution in [-0.4, -0.2) is 19.0 Å². The van der Waals surface area contributed by atoms with Crippen molar-refractivity contribution in [1.82, 2.24) is 0 Å². The number of ether oxygens (including phenoxy) is 2. The first-order valence-corrected chi connectivity index (χ1v) is 9.81. The standard InChI is InChI=1S/C25H30O2/c1-4-5-6-7-8-9-13-17-25(26-18-14-19-27-25)21-24(20-22(2)3)23-15-11-10-12-16-23/h1,10-12,15-16H,5-8,14,17-19,21H2,2-3H3. The van der Waals surface area contributed by atoms with Crippen LogP contribution < -0.4 is 0 Å². The summed E-state index contributed by atoms with van der Waals surface area (Å²) in [6, 6.07) is 10.3. The molecule has 1 aliphatic heterocycles. The van der Waals surface area contributed by atoms with E-state index in [4.69, 9.17) is 15.9 Å². The van der Waals surface area contributed by atoms with Crippen molar-refractivity contribution in [2.24, 2.45) is 0 Å². The summed E-state index contributed by atoms with van der Waals surface area (Å²) in [6.45, 7) is 5.55. The molecule has 0 unspecified atom stereocenters. The van der Waals surface area contributed by atoms with Gasteiger partial charge < -0.3 is 9.47 Å². The van der Waals surface area contributed by atoms with Crippen molar-refractivity contribution in [3.8, 4) is 24.2 Å². The zero-order valence-corrected chi connectivity index (χ0v) is 16.6. The minimum absolute atomic E-state index is 0.572. The minimum Gasteiger partial charge on any atom is -0.349 e. The number of rotatable bonds is 7. The number of hydrogen-bond acceptors (Lipinski definition) is 2. The lowest BCUT2D eigenvalue weighted by atomic mass is 9.95. The smallest absolute Gasteiger partial charge is 0.183 e. The molecule has 142 valence electrons. The number of unbranched alkanes of at least 4 members (excludes halogenated alkanes) is 3. The molecule has 2 heteroatoms. The van der Waals surface area contributed by atoms with E-state index in [2.05, 4.69) is 49.5 Å². The van der Waals surface area contributed by atoms with E-state index in [0.29, 0.717) is 26.1 Å². The van der Waals surface area contributed by atoms with E-state index in [9.17, 15) is 0 Å². The van der Waals surface area contributed by atoms with Gasteiger partial charge in [-0.1, -0.05) is 36.3 Å². The fraction of sp³-hybridized carbons (Fsp3) is 0.480. The van der Waals surface area contributed by atoms with Crippen molar-refractivity contribution in [1.29, 1.82) is 0 Å². The second-order valence-corrected chi connectivity index (χ2v) is 7.05. The average molecular weight is 363 g/mol. The largest absolute Gasteiger partial charge is 0.349 e. The number of benzene rings is 1. The molecule has 0 amide bonds. The van der Waals surface area contributed by atoms with Crippen molar-refractivity contribution < 1.29 is 9.47 Å². The highest BCUT2D eigenvalue weighted by Crippen LogP contribution is 2.33. The zero-order chi connectivity index (χ0) is 19.4. The molecule has 1 aliphatic rings. The quantitative estimate of drug-likeness (QED) is 0.349. The topological polar surface area (TPSA) is 18.5 Å². The van der Waals surface area contributed by atoms with E-state index in [1.54, 1.807) is 0 Å². The van der Waals surface area contributed by atoms with Gasteiger partial charge in [-0.25, -0.2) is 0 Å². The first-order valence-electron chi connectivity index (χ1n) is 9.81. The molecule has 1 aromatic carbocycles. The van der Waals surface area contributed by atoms with Crippen LogP contribution in [0, 0.1) is 24.2 Å². The van der Waals surface area contributed by atoms with Crippen molar-refractivity contribution >= 4 is 5.57 Å². The summed E-state index contributed by atoms with van der Waals surface area (Å²) < 4.78 is 12.2. The van der Waals surface area contributed by atoms with E-state index >= 15 is 0 Å². The van der Waals surface area contributed by atoms with Gasteiger partial charge in [-0.05, 0) is 44.2 Å². The van der Waals surface area contributed by atoms with E-state index in [1.165, 1.54) is 0 Å². The van der Waals surface area contributed by atoms with Crippen molar-refractivity contribution in [2.45, 2.75) is 64.6 Å². The van der Waals surface area contributed by atoms with Crippen LogP contribution in [0.25, 0.3) is 5.57 Å². The summed E-state index contributed by atoms with van der Waals surface area (Å²) in [5.41, 5.74) is 6.89. The normalized spacial score (nSPS) is 15.0. The first-order chi connectivity index (χ1) is 13.2. The van der Waals surface area contributed by atoms with Gasteiger partial charge in [0.15, 0.2) is 5.79 Å². The fourth-order valence-electron chi connectivity index (χ4n) is 3.04. The number of hydrogen-bond donors (Lipinski definition) is 0. The van der Waals surface area contributed by atoms with Gasteiger partial charge in [-0.2, -0.15) is 0 Å². The molecule has 2 nitrogen and oxygen atoms in total. The third-order valence-electron chi connectivity index (χ3n) is 4.34. The molecular formula is C25H30O2. The molecule has 0 spiro atoms. The van der Waals surface area contributed by atoms with E-state index in [-0.39, 0.29) is 0 Å². The molecule has 0 saturated carbocycles. The average Bonchev–Trinajstić information content (AvgIpc) is 2.68. The molecule has 0 radical (unpaired) electrons. The Morgan fingerprint density at radius 2 is 1.74 bits per heavy atom. The highest BCUT2D eigenvalue weighted by Gasteiger charge is 2.35. The Balaban J connectivity index is 2.14. The van der Waals surface area contributed by atoms with Crippen LogP contribution in [0.4, 0.5) is 0 Å². The Morgan fingerprint density at radius 1 is 1.04 bits per heavy atom. The van der Waals surface area contributed by atoms with Gasteiger partial charge in [0.2, 0.25) is 0 Å². The predicted octanol–water partition coefficient (Wildman–Crippen LogP) is 5.75. The zero-order valence-electron chi connectivity index (χ0n) is 16.6. The lowest BCUT2D eigenvalue weighted by Crippen LogP contribution is -2.40. The molecule has 0 aromatic heterocycles. The van der Waals surface area contributed by atoms with E-state index in [0.717, 1.165) is 48.8 Å². The molecular weight excluding hydrogens is 332 g/mol. The third-order valence-corrected chi connectivity index (χ3v) is 4.34. The van der Waals surface area contributed by atoms with E-state index < -0.39 is 5.79 Å². The molecule has 1 aromatic rings. The summed E-state index contributed by atoms with van der Waals surface area (Å²) in [5, 5.41) is 0. The van der Waals surface area contributed by atoms with Gasteiger partial charge in [0.25, 0.3) is 0 Å². The lowest BCUT2D eigenvalue weighted by molar-refractivity contribution is -0.260. The molecule has 0 atom stereocenters. The third kappa shape index (κ3) is 7.50. The monoisotopic (exact) mass is 362 g/mol. The molecule has 0 N–H and O–H groups in total. The summed E-state index contributed by atoms with van der Waals surface area (Å²) >= 11 is 0. The molecule has 1 saturated heterocycles. The molecule has 0 aliphatic carbocycles. The SMILES string of the molecule is C#CCCCCC#CCC1(CC(=C=C(C)C)c2ccccc2)OCCCO1. The molecule has 27 heavy (non-hydrogen) atoms. The van der Waals surface area contributed by atoms with Gasteiger partial charge in [0.1, 0.15) is 0 Å². The van der Waals surface area contributed by atoms with Crippen LogP contribution in [0.2, 0.25) is 0 Å². The second-order valence-electron chi connectivity index (χ2n) is 7.05. The van der Waals surface area contributed by atoms with Crippen LogP contribution in [-0.2, 0) is 9.47 Å². The molecule has 2 rings (SSSR count). The Bertz CT molecular complexity index is 739. The number of terminal acetylenes is 1. The van der Waals surface area contributed by atoms with Gasteiger partial charge in [-0.15, -0.1) is 24.0 Å². The van der Waals surface area contributed by atoms with Gasteiger partial charge >= 0.3 is 0 Å². The molecule has 1 heterocycles. The highest BCUT2D eigenvalue weighted by atomic mass is 16.7.